The van der Waals surface area contributed by atoms with Crippen LogP contribution >= 0.6 is 0 Å². The molecule has 0 spiro atoms. The lowest BCUT2D eigenvalue weighted by Gasteiger charge is -2.11. The van der Waals surface area contributed by atoms with Crippen molar-refractivity contribution < 1.29 is 14.3 Å². The molecule has 0 bridgehead atoms. The molecule has 5 heteroatoms. The van der Waals surface area contributed by atoms with Crippen LogP contribution in [0.3, 0.4) is 0 Å². The van der Waals surface area contributed by atoms with Gasteiger partial charge in [0.25, 0.3) is 0 Å². The second kappa shape index (κ2) is 4.16. The molecule has 2 rings (SSSR count). The van der Waals surface area contributed by atoms with Crippen LogP contribution in [0.25, 0.3) is 0 Å². The minimum atomic E-state index is -0.141. The van der Waals surface area contributed by atoms with Gasteiger partial charge in [0, 0.05) is 13.0 Å². The van der Waals surface area contributed by atoms with Crippen molar-refractivity contribution in [1.29, 1.82) is 0 Å². The lowest BCUT2D eigenvalue weighted by molar-refractivity contribution is -0.114. The molecule has 1 unspecified atom stereocenters. The summed E-state index contributed by atoms with van der Waals surface area (Å²) in [4.78, 5) is 21.1. The third kappa shape index (κ3) is 2.18. The van der Waals surface area contributed by atoms with Crippen LogP contribution in [0, 0.1) is 0 Å². The average molecular weight is 208 g/mol. The van der Waals surface area contributed by atoms with Gasteiger partial charge in [0.05, 0.1) is 12.1 Å². The first-order valence-electron chi connectivity index (χ1n) is 4.84. The van der Waals surface area contributed by atoms with E-state index in [1.54, 1.807) is 12.2 Å². The summed E-state index contributed by atoms with van der Waals surface area (Å²) in [6.45, 7) is 0.555. The molecule has 2 N–H and O–H groups in total. The van der Waals surface area contributed by atoms with Gasteiger partial charge in [-0.2, -0.15) is 0 Å². The number of rotatable bonds is 4. The quantitative estimate of drug-likeness (QED) is 0.496. The molecule has 1 amide bonds. The molecule has 0 aromatic carbocycles. The maximum atomic E-state index is 11.1. The van der Waals surface area contributed by atoms with Crippen molar-refractivity contribution in [3.8, 4) is 0 Å². The molecule has 1 aliphatic heterocycles. The summed E-state index contributed by atoms with van der Waals surface area (Å²) in [6, 6.07) is 0. The Hall–Kier alpha value is -1.78. The Morgan fingerprint density at radius 2 is 2.47 bits per heavy atom. The molecule has 2 aliphatic rings. The zero-order valence-corrected chi connectivity index (χ0v) is 8.16. The van der Waals surface area contributed by atoms with E-state index in [1.807, 2.05) is 0 Å². The normalized spacial score (nSPS) is 23.2. The van der Waals surface area contributed by atoms with E-state index >= 15 is 0 Å². The number of hydrogen-bond acceptors (Lipinski definition) is 4. The van der Waals surface area contributed by atoms with Crippen LogP contribution in [0.2, 0.25) is 0 Å². The topological polar surface area (TPSA) is 67.4 Å². The van der Waals surface area contributed by atoms with E-state index in [4.69, 9.17) is 4.74 Å². The summed E-state index contributed by atoms with van der Waals surface area (Å²) in [5.74, 6) is 0.765. The standard InChI is InChI=1S/C10H12N2O3/c13-6-11-4-3-10-12-8-2-1-7(14)5-9(8)15-10/h1-2,6,10,12H,3-5H2,(H,11,13). The highest BCUT2D eigenvalue weighted by Crippen LogP contribution is 2.24. The number of carbonyl (C=O) groups excluding carboxylic acids is 2. The average Bonchev–Trinajstić information content (AvgIpc) is 2.60. The molecule has 0 aromatic heterocycles. The third-order valence-electron chi connectivity index (χ3n) is 2.31. The molecule has 0 saturated carbocycles. The molecular weight excluding hydrogens is 196 g/mol. The van der Waals surface area contributed by atoms with E-state index in [9.17, 15) is 9.59 Å². The predicted molar refractivity (Wildman–Crippen MR) is 52.5 cm³/mol. The second-order valence-corrected chi connectivity index (χ2v) is 3.42. The summed E-state index contributed by atoms with van der Waals surface area (Å²) < 4.78 is 5.52. The minimum Gasteiger partial charge on any atom is -0.472 e. The zero-order chi connectivity index (χ0) is 10.7. The fourth-order valence-corrected chi connectivity index (χ4v) is 1.59. The molecular formula is C10H12N2O3. The number of ketones is 1. The highest BCUT2D eigenvalue weighted by Gasteiger charge is 2.26. The number of carbonyl (C=O) groups is 2. The lowest BCUT2D eigenvalue weighted by Crippen LogP contribution is -2.28. The van der Waals surface area contributed by atoms with E-state index in [-0.39, 0.29) is 12.0 Å². The molecule has 0 radical (unpaired) electrons. The first-order valence-corrected chi connectivity index (χ1v) is 4.84. The summed E-state index contributed by atoms with van der Waals surface area (Å²) in [5.41, 5.74) is 0.880. The molecule has 5 nitrogen and oxygen atoms in total. The fourth-order valence-electron chi connectivity index (χ4n) is 1.59. The van der Waals surface area contributed by atoms with Crippen molar-refractivity contribution in [2.75, 3.05) is 6.54 Å². The van der Waals surface area contributed by atoms with Crippen molar-refractivity contribution in [1.82, 2.24) is 10.6 Å². The maximum absolute atomic E-state index is 11.1. The summed E-state index contributed by atoms with van der Waals surface area (Å²) >= 11 is 0. The van der Waals surface area contributed by atoms with Crippen molar-refractivity contribution >= 4 is 12.2 Å². The number of amides is 1. The Morgan fingerprint density at radius 3 is 3.27 bits per heavy atom. The minimum absolute atomic E-state index is 0.0576. The van der Waals surface area contributed by atoms with Gasteiger partial charge in [-0.15, -0.1) is 0 Å². The van der Waals surface area contributed by atoms with Gasteiger partial charge in [0.15, 0.2) is 12.0 Å². The first kappa shape index (κ1) is 9.76. The molecule has 1 heterocycles. The maximum Gasteiger partial charge on any atom is 0.207 e. The smallest absolute Gasteiger partial charge is 0.207 e. The molecule has 80 valence electrons. The molecule has 0 aromatic rings. The van der Waals surface area contributed by atoms with Crippen LogP contribution < -0.4 is 10.6 Å². The van der Waals surface area contributed by atoms with Gasteiger partial charge in [-0.1, -0.05) is 0 Å². The van der Waals surface area contributed by atoms with Crippen LogP contribution in [0.5, 0.6) is 0 Å². The largest absolute Gasteiger partial charge is 0.472 e. The fraction of sp³-hybridized carbons (Fsp3) is 0.400. The molecule has 0 saturated heterocycles. The first-order chi connectivity index (χ1) is 7.29. The monoisotopic (exact) mass is 208 g/mol. The van der Waals surface area contributed by atoms with Gasteiger partial charge in [-0.3, -0.25) is 9.59 Å². The third-order valence-corrected chi connectivity index (χ3v) is 2.31. The van der Waals surface area contributed by atoms with Crippen LogP contribution in [0.1, 0.15) is 12.8 Å². The van der Waals surface area contributed by atoms with E-state index in [0.29, 0.717) is 31.6 Å². The second-order valence-electron chi connectivity index (χ2n) is 3.42. The van der Waals surface area contributed by atoms with Crippen molar-refractivity contribution in [2.45, 2.75) is 19.1 Å². The van der Waals surface area contributed by atoms with Gasteiger partial charge in [-0.05, 0) is 12.2 Å². The Kier molecular flexibility index (Phi) is 2.71. The van der Waals surface area contributed by atoms with E-state index in [2.05, 4.69) is 10.6 Å². The van der Waals surface area contributed by atoms with Gasteiger partial charge in [0.2, 0.25) is 6.41 Å². The summed E-state index contributed by atoms with van der Waals surface area (Å²) in [5, 5.41) is 5.70. The highest BCUT2D eigenvalue weighted by atomic mass is 16.5. The Labute approximate surface area is 87.2 Å². The highest BCUT2D eigenvalue weighted by molar-refractivity contribution is 5.93. The van der Waals surface area contributed by atoms with Gasteiger partial charge < -0.3 is 15.4 Å². The number of ether oxygens (including phenoxy) is 1. The number of allylic oxidation sites excluding steroid dienone is 3. The van der Waals surface area contributed by atoms with Crippen LogP contribution in [-0.2, 0) is 14.3 Å². The van der Waals surface area contributed by atoms with E-state index < -0.39 is 0 Å². The number of hydrogen-bond donors (Lipinski definition) is 2. The van der Waals surface area contributed by atoms with Gasteiger partial charge in [0.1, 0.15) is 5.76 Å². The molecule has 0 fully saturated rings. The Bertz CT molecular complexity index is 347. The van der Waals surface area contributed by atoms with Crippen molar-refractivity contribution in [3.05, 3.63) is 23.6 Å². The number of nitrogens with one attached hydrogen (secondary N) is 2. The summed E-state index contributed by atoms with van der Waals surface area (Å²) in [7, 11) is 0. The van der Waals surface area contributed by atoms with Crippen molar-refractivity contribution in [2.24, 2.45) is 0 Å². The predicted octanol–water partition coefficient (Wildman–Crippen LogP) is -0.191. The molecule has 15 heavy (non-hydrogen) atoms. The van der Waals surface area contributed by atoms with Gasteiger partial charge >= 0.3 is 0 Å². The molecule has 1 aliphatic carbocycles. The SMILES string of the molecule is O=CNCCC1NC2=C(CC(=O)C=C2)O1. The van der Waals surface area contributed by atoms with Gasteiger partial charge in [-0.25, -0.2) is 0 Å². The van der Waals surface area contributed by atoms with Crippen LogP contribution in [0.15, 0.2) is 23.6 Å². The molecule has 1 atom stereocenters. The summed E-state index contributed by atoms with van der Waals surface area (Å²) in [6.07, 6.45) is 4.80. The van der Waals surface area contributed by atoms with E-state index in [1.165, 1.54) is 0 Å². The van der Waals surface area contributed by atoms with Crippen molar-refractivity contribution in [3.63, 3.8) is 0 Å². The zero-order valence-electron chi connectivity index (χ0n) is 8.16. The van der Waals surface area contributed by atoms with E-state index in [0.717, 1.165) is 5.70 Å². The van der Waals surface area contributed by atoms with Crippen LogP contribution in [0.4, 0.5) is 0 Å². The van der Waals surface area contributed by atoms with Crippen LogP contribution in [-0.4, -0.2) is 25.0 Å². The Morgan fingerprint density at radius 1 is 1.60 bits per heavy atom. The Balaban J connectivity index is 1.85. The lowest BCUT2D eigenvalue weighted by atomic mass is 10.1.